The van der Waals surface area contributed by atoms with Gasteiger partial charge in [-0.3, -0.25) is 0 Å². The van der Waals surface area contributed by atoms with Crippen molar-refractivity contribution in [3.8, 4) is 0 Å². The number of unbranched alkanes of at least 4 members (excludes halogenated alkanes) is 16. The average molecular weight is 448 g/mol. The molecular formula is C27H45NO4. The van der Waals surface area contributed by atoms with E-state index in [0.717, 1.165) is 19.4 Å². The zero-order chi connectivity index (χ0) is 23.4. The van der Waals surface area contributed by atoms with E-state index in [9.17, 15) is 14.7 Å². The molecule has 1 aromatic carbocycles. The number of carboxylic acid groups (broad SMARTS) is 2. The van der Waals surface area contributed by atoms with Gasteiger partial charge in [0.2, 0.25) is 0 Å². The fraction of sp³-hybridized carbons (Fsp3) is 0.704. The molecule has 0 saturated carbocycles. The molecule has 0 saturated heterocycles. The zero-order valence-corrected chi connectivity index (χ0v) is 20.2. The van der Waals surface area contributed by atoms with Gasteiger partial charge in [-0.15, -0.1) is 0 Å². The lowest BCUT2D eigenvalue weighted by Gasteiger charge is -2.09. The minimum Gasteiger partial charge on any atom is -0.478 e. The van der Waals surface area contributed by atoms with Crippen molar-refractivity contribution in [1.82, 2.24) is 0 Å². The molecule has 0 spiro atoms. The van der Waals surface area contributed by atoms with E-state index in [-0.39, 0.29) is 11.1 Å². The van der Waals surface area contributed by atoms with Crippen LogP contribution in [0, 0.1) is 0 Å². The van der Waals surface area contributed by atoms with Gasteiger partial charge in [0.15, 0.2) is 0 Å². The molecule has 32 heavy (non-hydrogen) atoms. The first kappa shape index (κ1) is 28.0. The Morgan fingerprint density at radius 2 is 1.03 bits per heavy atom. The molecule has 1 aromatic rings. The van der Waals surface area contributed by atoms with Crippen molar-refractivity contribution >= 4 is 17.6 Å². The molecule has 0 aliphatic heterocycles. The number of nitrogens with one attached hydrogen (secondary N) is 1. The van der Waals surface area contributed by atoms with Crippen molar-refractivity contribution in [1.29, 1.82) is 0 Å². The molecule has 0 unspecified atom stereocenters. The Labute approximate surface area is 195 Å². The summed E-state index contributed by atoms with van der Waals surface area (Å²) in [6, 6.07) is 4.38. The van der Waals surface area contributed by atoms with E-state index in [1.165, 1.54) is 108 Å². The molecular weight excluding hydrogens is 402 g/mol. The highest BCUT2D eigenvalue weighted by molar-refractivity contribution is 6.02. The lowest BCUT2D eigenvalue weighted by molar-refractivity contribution is 0.0651. The molecule has 0 aromatic heterocycles. The van der Waals surface area contributed by atoms with E-state index in [0.29, 0.717) is 5.69 Å². The summed E-state index contributed by atoms with van der Waals surface area (Å²) in [5.41, 5.74) is 0.301. The van der Waals surface area contributed by atoms with Crippen molar-refractivity contribution in [3.05, 3.63) is 29.3 Å². The van der Waals surface area contributed by atoms with Gasteiger partial charge in [-0.1, -0.05) is 110 Å². The van der Waals surface area contributed by atoms with E-state index >= 15 is 0 Å². The summed E-state index contributed by atoms with van der Waals surface area (Å²) in [7, 11) is 0. The second-order valence-electron chi connectivity index (χ2n) is 8.95. The van der Waals surface area contributed by atoms with E-state index in [2.05, 4.69) is 12.2 Å². The van der Waals surface area contributed by atoms with Crippen LogP contribution in [0.25, 0.3) is 0 Å². The normalized spacial score (nSPS) is 10.9. The number of anilines is 1. The van der Waals surface area contributed by atoms with E-state index in [1.807, 2.05) is 0 Å². The lowest BCUT2D eigenvalue weighted by Crippen LogP contribution is -2.09. The molecule has 0 atom stereocenters. The topological polar surface area (TPSA) is 86.6 Å². The Morgan fingerprint density at radius 3 is 1.44 bits per heavy atom. The number of benzene rings is 1. The molecule has 5 heteroatoms. The number of hydrogen-bond donors (Lipinski definition) is 3. The first-order valence-electron chi connectivity index (χ1n) is 12.9. The van der Waals surface area contributed by atoms with Crippen molar-refractivity contribution < 1.29 is 19.8 Å². The van der Waals surface area contributed by atoms with Crippen LogP contribution < -0.4 is 5.32 Å². The highest BCUT2D eigenvalue weighted by Crippen LogP contribution is 2.17. The number of aromatic carboxylic acids is 2. The maximum Gasteiger partial charge on any atom is 0.336 e. The SMILES string of the molecule is CCCCCCCCCCCCCCCCCCCNc1ccc(C(=O)O)c(C(=O)O)c1. The van der Waals surface area contributed by atoms with Crippen LogP contribution in [0.15, 0.2) is 18.2 Å². The molecule has 0 heterocycles. The highest BCUT2D eigenvalue weighted by Gasteiger charge is 2.16. The van der Waals surface area contributed by atoms with E-state index < -0.39 is 11.9 Å². The number of rotatable bonds is 21. The van der Waals surface area contributed by atoms with Gasteiger partial charge in [-0.25, -0.2) is 9.59 Å². The van der Waals surface area contributed by atoms with Crippen LogP contribution in [0.3, 0.4) is 0 Å². The van der Waals surface area contributed by atoms with Crippen LogP contribution in [-0.4, -0.2) is 28.7 Å². The van der Waals surface area contributed by atoms with Crippen LogP contribution in [0.2, 0.25) is 0 Å². The third-order valence-electron chi connectivity index (χ3n) is 6.09. The Hall–Kier alpha value is -2.04. The summed E-state index contributed by atoms with van der Waals surface area (Å²) in [5, 5.41) is 21.4. The zero-order valence-electron chi connectivity index (χ0n) is 20.2. The summed E-state index contributed by atoms with van der Waals surface area (Å²) in [6.07, 6.45) is 22.8. The average Bonchev–Trinajstić information content (AvgIpc) is 2.78. The largest absolute Gasteiger partial charge is 0.478 e. The Balaban J connectivity index is 1.93. The van der Waals surface area contributed by atoms with Crippen molar-refractivity contribution in [2.24, 2.45) is 0 Å². The first-order valence-corrected chi connectivity index (χ1v) is 12.9. The monoisotopic (exact) mass is 447 g/mol. The molecule has 0 fully saturated rings. The highest BCUT2D eigenvalue weighted by atomic mass is 16.4. The van der Waals surface area contributed by atoms with Crippen molar-refractivity contribution in [2.75, 3.05) is 11.9 Å². The Bertz CT molecular complexity index is 645. The number of carboxylic acids is 2. The molecule has 0 bridgehead atoms. The van der Waals surface area contributed by atoms with Gasteiger partial charge in [0, 0.05) is 12.2 Å². The first-order chi connectivity index (χ1) is 15.6. The summed E-state index contributed by atoms with van der Waals surface area (Å²) in [5.74, 6) is -2.44. The molecule has 5 nitrogen and oxygen atoms in total. The second kappa shape index (κ2) is 18.5. The van der Waals surface area contributed by atoms with Crippen molar-refractivity contribution in [2.45, 2.75) is 116 Å². The standard InChI is InChI=1S/C27H45NO4/c1-2-3-4-5-6-7-8-9-10-11-12-13-14-15-16-17-18-21-28-23-19-20-24(26(29)30)25(22-23)27(31)32/h19-20,22,28H,2-18,21H2,1H3,(H,29,30)(H,31,32). The van der Waals surface area contributed by atoms with Gasteiger partial charge < -0.3 is 15.5 Å². The van der Waals surface area contributed by atoms with Crippen molar-refractivity contribution in [3.63, 3.8) is 0 Å². The lowest BCUT2D eigenvalue weighted by atomic mass is 10.0. The van der Waals surface area contributed by atoms with E-state index in [4.69, 9.17) is 5.11 Å². The van der Waals surface area contributed by atoms with Crippen LogP contribution in [-0.2, 0) is 0 Å². The molecule has 3 N–H and O–H groups in total. The second-order valence-corrected chi connectivity index (χ2v) is 8.95. The quantitative estimate of drug-likeness (QED) is 0.165. The Kier molecular flexibility index (Phi) is 16.2. The molecule has 0 amide bonds. The predicted molar refractivity (Wildman–Crippen MR) is 133 cm³/mol. The minimum absolute atomic E-state index is 0.176. The fourth-order valence-electron chi connectivity index (χ4n) is 4.10. The van der Waals surface area contributed by atoms with Crippen LogP contribution in [0.5, 0.6) is 0 Å². The summed E-state index contributed by atoms with van der Waals surface area (Å²) >= 11 is 0. The minimum atomic E-state index is -1.22. The van der Waals surface area contributed by atoms with Gasteiger partial charge in [-0.05, 0) is 24.6 Å². The summed E-state index contributed by atoms with van der Waals surface area (Å²) in [4.78, 5) is 22.3. The molecule has 0 radical (unpaired) electrons. The molecule has 0 aliphatic carbocycles. The molecule has 1 rings (SSSR count). The molecule has 0 aliphatic rings. The van der Waals surface area contributed by atoms with Gasteiger partial charge >= 0.3 is 11.9 Å². The maximum atomic E-state index is 11.2. The van der Waals surface area contributed by atoms with Gasteiger partial charge in [-0.2, -0.15) is 0 Å². The Morgan fingerprint density at radius 1 is 0.625 bits per heavy atom. The van der Waals surface area contributed by atoms with Gasteiger partial charge in [0.05, 0.1) is 11.1 Å². The number of hydrogen-bond acceptors (Lipinski definition) is 3. The van der Waals surface area contributed by atoms with Gasteiger partial charge in [0.1, 0.15) is 0 Å². The summed E-state index contributed by atoms with van der Waals surface area (Å²) < 4.78 is 0. The van der Waals surface area contributed by atoms with E-state index in [1.54, 1.807) is 6.07 Å². The summed E-state index contributed by atoms with van der Waals surface area (Å²) in [6.45, 7) is 3.04. The smallest absolute Gasteiger partial charge is 0.336 e. The maximum absolute atomic E-state index is 11.2. The van der Waals surface area contributed by atoms with Gasteiger partial charge in [0.25, 0.3) is 0 Å². The predicted octanol–water partition coefficient (Wildman–Crippen LogP) is 8.15. The third-order valence-corrected chi connectivity index (χ3v) is 6.09. The third kappa shape index (κ3) is 13.4. The fourth-order valence-corrected chi connectivity index (χ4v) is 4.10. The molecule has 182 valence electrons. The van der Waals surface area contributed by atoms with Crippen LogP contribution in [0.1, 0.15) is 137 Å². The van der Waals surface area contributed by atoms with Crippen LogP contribution in [0.4, 0.5) is 5.69 Å². The number of carbonyl (C=O) groups is 2. The van der Waals surface area contributed by atoms with Crippen LogP contribution >= 0.6 is 0 Å².